The summed E-state index contributed by atoms with van der Waals surface area (Å²) in [5, 5.41) is 14.3. The van der Waals surface area contributed by atoms with Crippen LogP contribution in [-0.4, -0.2) is 56.0 Å². The molecule has 8 nitrogen and oxygen atoms in total. The van der Waals surface area contributed by atoms with Crippen LogP contribution in [0.1, 0.15) is 36.0 Å². The molecular weight excluding hydrogens is 434 g/mol. The van der Waals surface area contributed by atoms with Crippen molar-refractivity contribution < 1.29 is 24.2 Å². The lowest BCUT2D eigenvalue weighted by molar-refractivity contribution is -0.313. The van der Waals surface area contributed by atoms with Gasteiger partial charge in [0.05, 0.1) is 24.0 Å². The zero-order valence-electron chi connectivity index (χ0n) is 19.4. The molecule has 0 radical (unpaired) electrons. The van der Waals surface area contributed by atoms with Crippen LogP contribution in [0.3, 0.4) is 0 Å². The molecule has 0 spiro atoms. The summed E-state index contributed by atoms with van der Waals surface area (Å²) in [6.07, 6.45) is 2.53. The first-order chi connectivity index (χ1) is 16.5. The van der Waals surface area contributed by atoms with E-state index in [0.29, 0.717) is 50.3 Å². The van der Waals surface area contributed by atoms with E-state index in [1.54, 1.807) is 36.3 Å². The first-order valence-electron chi connectivity index (χ1n) is 11.8. The Labute approximate surface area is 199 Å². The predicted molar refractivity (Wildman–Crippen MR) is 127 cm³/mol. The standard InChI is InChI=1S/C26H31N3O5/c1-34-23-13-7-6-12-22(23)28-14-16-29(17-15-28)25(31)20-10-4-5-11-21(20)27-24(30)18-8-2-3-9-19(18)26(32)33/h4-7,10-13,18-19H,2-3,8-9,14-17H2,1H3,(H,27,30)(H,32,33)/p-1. The molecule has 1 heterocycles. The second kappa shape index (κ2) is 10.6. The van der Waals surface area contributed by atoms with Gasteiger partial charge in [0, 0.05) is 44.0 Å². The minimum Gasteiger partial charge on any atom is -0.550 e. The SMILES string of the molecule is COc1ccccc1N1CCN(C(=O)c2ccccc2NC(=O)C2CCCCC2C(=O)[O-])CC1. The molecular formula is C26H30N3O5-. The largest absolute Gasteiger partial charge is 0.550 e. The summed E-state index contributed by atoms with van der Waals surface area (Å²) >= 11 is 0. The highest BCUT2D eigenvalue weighted by Crippen LogP contribution is 2.32. The first kappa shape index (κ1) is 23.6. The van der Waals surface area contributed by atoms with Gasteiger partial charge in [-0.2, -0.15) is 0 Å². The van der Waals surface area contributed by atoms with Crippen LogP contribution in [0.5, 0.6) is 5.75 Å². The highest BCUT2D eigenvalue weighted by atomic mass is 16.5. The Morgan fingerprint density at radius 3 is 2.26 bits per heavy atom. The maximum atomic E-state index is 13.3. The van der Waals surface area contributed by atoms with E-state index in [1.165, 1.54) is 0 Å². The number of methoxy groups -OCH3 is 1. The van der Waals surface area contributed by atoms with Crippen molar-refractivity contribution in [1.29, 1.82) is 0 Å². The second-order valence-corrected chi connectivity index (χ2v) is 8.80. The number of rotatable bonds is 6. The molecule has 2 aromatic carbocycles. The van der Waals surface area contributed by atoms with E-state index in [-0.39, 0.29) is 11.8 Å². The summed E-state index contributed by atoms with van der Waals surface area (Å²) in [5.74, 6) is -2.35. The van der Waals surface area contributed by atoms with E-state index < -0.39 is 17.8 Å². The fourth-order valence-corrected chi connectivity index (χ4v) is 4.94. The van der Waals surface area contributed by atoms with Crippen molar-refractivity contribution in [2.75, 3.05) is 43.5 Å². The summed E-state index contributed by atoms with van der Waals surface area (Å²) in [6, 6.07) is 14.7. The highest BCUT2D eigenvalue weighted by Gasteiger charge is 2.33. The molecule has 2 atom stereocenters. The first-order valence-corrected chi connectivity index (χ1v) is 11.8. The average Bonchev–Trinajstić information content (AvgIpc) is 2.88. The van der Waals surface area contributed by atoms with Gasteiger partial charge in [0.15, 0.2) is 0 Å². The van der Waals surface area contributed by atoms with Crippen molar-refractivity contribution in [2.45, 2.75) is 25.7 Å². The Kier molecular flexibility index (Phi) is 7.35. The molecule has 1 saturated carbocycles. The van der Waals surface area contributed by atoms with E-state index in [2.05, 4.69) is 10.2 Å². The number of nitrogens with zero attached hydrogens (tertiary/aromatic N) is 2. The summed E-state index contributed by atoms with van der Waals surface area (Å²) in [4.78, 5) is 41.8. The van der Waals surface area contributed by atoms with Crippen LogP contribution in [0.2, 0.25) is 0 Å². The highest BCUT2D eigenvalue weighted by molar-refractivity contribution is 6.04. The zero-order chi connectivity index (χ0) is 24.1. The number of hydrogen-bond acceptors (Lipinski definition) is 6. The number of carbonyl (C=O) groups excluding carboxylic acids is 3. The van der Waals surface area contributed by atoms with Crippen LogP contribution in [0.25, 0.3) is 0 Å². The third-order valence-electron chi connectivity index (χ3n) is 6.81. The van der Waals surface area contributed by atoms with Gasteiger partial charge >= 0.3 is 0 Å². The molecule has 180 valence electrons. The van der Waals surface area contributed by atoms with Gasteiger partial charge in [-0.3, -0.25) is 9.59 Å². The van der Waals surface area contributed by atoms with Crippen molar-refractivity contribution in [3.05, 3.63) is 54.1 Å². The van der Waals surface area contributed by atoms with Crippen molar-refractivity contribution in [2.24, 2.45) is 11.8 Å². The smallest absolute Gasteiger partial charge is 0.256 e. The lowest BCUT2D eigenvalue weighted by Crippen LogP contribution is -2.49. The normalized spacial score (nSPS) is 20.5. The van der Waals surface area contributed by atoms with Crippen molar-refractivity contribution in [1.82, 2.24) is 4.90 Å². The van der Waals surface area contributed by atoms with E-state index >= 15 is 0 Å². The summed E-state index contributed by atoms with van der Waals surface area (Å²) in [6.45, 7) is 2.40. The fourth-order valence-electron chi connectivity index (χ4n) is 4.94. The minimum atomic E-state index is -1.18. The maximum Gasteiger partial charge on any atom is 0.256 e. The number of carboxylic acids is 1. The zero-order valence-corrected chi connectivity index (χ0v) is 19.4. The second-order valence-electron chi connectivity index (χ2n) is 8.80. The topological polar surface area (TPSA) is 102 Å². The van der Waals surface area contributed by atoms with E-state index in [4.69, 9.17) is 4.74 Å². The van der Waals surface area contributed by atoms with Gasteiger partial charge in [0.1, 0.15) is 5.75 Å². The molecule has 1 saturated heterocycles. The van der Waals surface area contributed by atoms with Gasteiger partial charge in [0.25, 0.3) is 5.91 Å². The van der Waals surface area contributed by atoms with Gasteiger partial charge in [-0.25, -0.2) is 0 Å². The predicted octanol–water partition coefficient (Wildman–Crippen LogP) is 2.15. The van der Waals surface area contributed by atoms with E-state index in [9.17, 15) is 19.5 Å². The molecule has 2 fully saturated rings. The monoisotopic (exact) mass is 464 g/mol. The quantitative estimate of drug-likeness (QED) is 0.703. The van der Waals surface area contributed by atoms with Crippen molar-refractivity contribution in [3.63, 3.8) is 0 Å². The number of amides is 2. The number of carbonyl (C=O) groups is 3. The van der Waals surface area contributed by atoms with Crippen LogP contribution in [0.4, 0.5) is 11.4 Å². The van der Waals surface area contributed by atoms with Crippen molar-refractivity contribution >= 4 is 29.2 Å². The average molecular weight is 465 g/mol. The molecule has 1 N–H and O–H groups in total. The minimum absolute atomic E-state index is 0.157. The third-order valence-corrected chi connectivity index (χ3v) is 6.81. The number of para-hydroxylation sites is 3. The van der Waals surface area contributed by atoms with Crippen LogP contribution in [-0.2, 0) is 9.59 Å². The van der Waals surface area contributed by atoms with Crippen LogP contribution in [0.15, 0.2) is 48.5 Å². The lowest BCUT2D eigenvalue weighted by Gasteiger charge is -2.37. The Bertz CT molecular complexity index is 1050. The van der Waals surface area contributed by atoms with Gasteiger partial charge in [-0.15, -0.1) is 0 Å². The van der Waals surface area contributed by atoms with Gasteiger partial charge < -0.3 is 29.8 Å². The molecule has 2 unspecified atom stereocenters. The number of aliphatic carboxylic acids is 1. The number of carboxylic acid groups (broad SMARTS) is 1. The number of nitrogens with one attached hydrogen (secondary N) is 1. The molecule has 2 aliphatic rings. The summed E-state index contributed by atoms with van der Waals surface area (Å²) in [7, 11) is 1.65. The van der Waals surface area contributed by atoms with Gasteiger partial charge in [-0.05, 0) is 37.1 Å². The van der Waals surface area contributed by atoms with Crippen LogP contribution in [0, 0.1) is 11.8 Å². The fraction of sp³-hybridized carbons (Fsp3) is 0.423. The molecule has 1 aliphatic heterocycles. The lowest BCUT2D eigenvalue weighted by atomic mass is 9.78. The molecule has 0 aromatic heterocycles. The number of hydrogen-bond donors (Lipinski definition) is 1. The van der Waals surface area contributed by atoms with Gasteiger partial charge in [0.2, 0.25) is 5.91 Å². The molecule has 2 aromatic rings. The Balaban J connectivity index is 1.44. The summed E-state index contributed by atoms with van der Waals surface area (Å²) < 4.78 is 5.46. The van der Waals surface area contributed by atoms with E-state index in [0.717, 1.165) is 24.3 Å². The third kappa shape index (κ3) is 5.00. The maximum absolute atomic E-state index is 13.3. The molecule has 34 heavy (non-hydrogen) atoms. The molecule has 0 bridgehead atoms. The number of anilines is 2. The molecule has 1 aliphatic carbocycles. The van der Waals surface area contributed by atoms with Gasteiger partial charge in [-0.1, -0.05) is 37.1 Å². The Hall–Kier alpha value is -3.55. The molecule has 2 amide bonds. The summed E-state index contributed by atoms with van der Waals surface area (Å²) in [5.41, 5.74) is 1.81. The van der Waals surface area contributed by atoms with Crippen LogP contribution >= 0.6 is 0 Å². The number of piperazine rings is 1. The van der Waals surface area contributed by atoms with E-state index in [1.807, 2.05) is 24.3 Å². The Morgan fingerprint density at radius 1 is 0.912 bits per heavy atom. The number of ether oxygens (including phenoxy) is 1. The molecule has 8 heteroatoms. The molecule has 4 rings (SSSR count). The van der Waals surface area contributed by atoms with Crippen LogP contribution < -0.4 is 20.1 Å². The number of benzene rings is 2. The Morgan fingerprint density at radius 2 is 1.56 bits per heavy atom. The van der Waals surface area contributed by atoms with Crippen molar-refractivity contribution in [3.8, 4) is 5.75 Å².